The number of rotatable bonds is 4. The minimum Gasteiger partial charge on any atom is -0.496 e. The predicted octanol–water partition coefficient (Wildman–Crippen LogP) is 4.28. The molecule has 0 spiro atoms. The Kier molecular flexibility index (Phi) is 4.59. The van der Waals surface area contributed by atoms with E-state index in [4.69, 9.17) is 4.74 Å². The van der Waals surface area contributed by atoms with E-state index in [2.05, 4.69) is 25.4 Å². The standard InChI is InChI=1S/C22H18N6O2S/c1-12-10-13(2)28-21(23-12)25-19(27-28)20(29)26-22-24-17(11-31-22)15-8-9-18(30-3)16-7-5-4-6-14(15)16/h4-11H,1-3H3,(H,24,26,29). The molecule has 5 rings (SSSR count). The molecule has 3 heterocycles. The van der Waals surface area contributed by atoms with Crippen LogP contribution in [0.25, 0.3) is 27.8 Å². The Morgan fingerprint density at radius 3 is 2.68 bits per heavy atom. The van der Waals surface area contributed by atoms with Crippen molar-refractivity contribution in [3.63, 3.8) is 0 Å². The van der Waals surface area contributed by atoms with Gasteiger partial charge in [-0.1, -0.05) is 24.3 Å². The molecule has 8 nitrogen and oxygen atoms in total. The molecule has 1 N–H and O–H groups in total. The predicted molar refractivity (Wildman–Crippen MR) is 120 cm³/mol. The van der Waals surface area contributed by atoms with Crippen LogP contribution < -0.4 is 10.1 Å². The molecule has 0 bridgehead atoms. The Bertz CT molecular complexity index is 1460. The lowest BCUT2D eigenvalue weighted by molar-refractivity contribution is 0.101. The maximum Gasteiger partial charge on any atom is 0.297 e. The molecule has 3 aromatic heterocycles. The van der Waals surface area contributed by atoms with Crippen LogP contribution in [0.2, 0.25) is 0 Å². The number of aryl methyl sites for hydroxylation is 2. The summed E-state index contributed by atoms with van der Waals surface area (Å²) in [6, 6.07) is 13.8. The van der Waals surface area contributed by atoms with Crippen LogP contribution in [0.1, 0.15) is 22.0 Å². The molecule has 5 aromatic rings. The van der Waals surface area contributed by atoms with Gasteiger partial charge in [-0.25, -0.2) is 14.5 Å². The fraction of sp³-hybridized carbons (Fsp3) is 0.136. The summed E-state index contributed by atoms with van der Waals surface area (Å²) in [6.45, 7) is 3.77. The third kappa shape index (κ3) is 3.38. The third-order valence-electron chi connectivity index (χ3n) is 4.93. The van der Waals surface area contributed by atoms with Gasteiger partial charge in [-0.05, 0) is 37.4 Å². The van der Waals surface area contributed by atoms with E-state index in [1.165, 1.54) is 11.3 Å². The number of carbonyl (C=O) groups excluding carboxylic acids is 1. The highest BCUT2D eigenvalue weighted by Gasteiger charge is 2.17. The molecule has 0 atom stereocenters. The molecule has 31 heavy (non-hydrogen) atoms. The number of aromatic nitrogens is 5. The van der Waals surface area contributed by atoms with E-state index in [-0.39, 0.29) is 5.82 Å². The first-order chi connectivity index (χ1) is 15.0. The molecule has 2 aromatic carbocycles. The van der Waals surface area contributed by atoms with Crippen LogP contribution in [0.4, 0.5) is 5.13 Å². The van der Waals surface area contributed by atoms with Gasteiger partial charge in [-0.2, -0.15) is 4.98 Å². The van der Waals surface area contributed by atoms with E-state index in [1.54, 1.807) is 11.6 Å². The molecule has 9 heteroatoms. The first kappa shape index (κ1) is 19.1. The van der Waals surface area contributed by atoms with Crippen molar-refractivity contribution in [1.29, 1.82) is 0 Å². The fourth-order valence-electron chi connectivity index (χ4n) is 3.54. The van der Waals surface area contributed by atoms with Crippen LogP contribution in [-0.4, -0.2) is 37.6 Å². The average molecular weight is 430 g/mol. The summed E-state index contributed by atoms with van der Waals surface area (Å²) in [5, 5.41) is 11.5. The SMILES string of the molecule is COc1ccc(-c2csc(NC(=O)c3nc4nc(C)cc(C)n4n3)n2)c2ccccc12. The Morgan fingerprint density at radius 1 is 1.06 bits per heavy atom. The second kappa shape index (κ2) is 7.44. The highest BCUT2D eigenvalue weighted by molar-refractivity contribution is 7.14. The molecule has 0 saturated heterocycles. The van der Waals surface area contributed by atoms with Gasteiger partial charge in [0, 0.05) is 27.7 Å². The number of nitrogens with zero attached hydrogens (tertiary/aromatic N) is 5. The highest BCUT2D eigenvalue weighted by Crippen LogP contribution is 2.35. The molecule has 0 saturated carbocycles. The Labute approximate surface area is 181 Å². The second-order valence-electron chi connectivity index (χ2n) is 7.04. The number of ether oxygens (including phenoxy) is 1. The van der Waals surface area contributed by atoms with Crippen molar-refractivity contribution in [2.45, 2.75) is 13.8 Å². The molecule has 0 aliphatic heterocycles. The van der Waals surface area contributed by atoms with Crippen molar-refractivity contribution < 1.29 is 9.53 Å². The number of benzene rings is 2. The maximum atomic E-state index is 12.7. The first-order valence-electron chi connectivity index (χ1n) is 9.57. The molecule has 1 amide bonds. The Balaban J connectivity index is 1.45. The molecule has 0 aliphatic rings. The van der Waals surface area contributed by atoms with Crippen molar-refractivity contribution in [2.24, 2.45) is 0 Å². The lowest BCUT2D eigenvalue weighted by Crippen LogP contribution is -2.13. The Morgan fingerprint density at radius 2 is 1.87 bits per heavy atom. The van der Waals surface area contributed by atoms with E-state index in [0.29, 0.717) is 10.9 Å². The summed E-state index contributed by atoms with van der Waals surface area (Å²) < 4.78 is 7.02. The van der Waals surface area contributed by atoms with Crippen molar-refractivity contribution in [3.05, 3.63) is 65.1 Å². The minimum absolute atomic E-state index is 0.0489. The summed E-state index contributed by atoms with van der Waals surface area (Å²) in [5.74, 6) is 0.822. The fourth-order valence-corrected chi connectivity index (χ4v) is 4.25. The summed E-state index contributed by atoms with van der Waals surface area (Å²) in [5.41, 5.74) is 3.42. The number of thiazole rings is 1. The smallest absolute Gasteiger partial charge is 0.297 e. The van der Waals surface area contributed by atoms with Gasteiger partial charge in [0.15, 0.2) is 5.13 Å². The van der Waals surface area contributed by atoms with Crippen LogP contribution >= 0.6 is 11.3 Å². The topological polar surface area (TPSA) is 94.3 Å². The monoisotopic (exact) mass is 430 g/mol. The van der Waals surface area contributed by atoms with Gasteiger partial charge in [-0.15, -0.1) is 16.4 Å². The van der Waals surface area contributed by atoms with E-state index in [0.717, 1.165) is 39.2 Å². The number of hydrogen-bond acceptors (Lipinski definition) is 7. The van der Waals surface area contributed by atoms with Crippen LogP contribution in [0.3, 0.4) is 0 Å². The number of nitrogens with one attached hydrogen (secondary N) is 1. The van der Waals surface area contributed by atoms with Crippen LogP contribution in [0.15, 0.2) is 47.8 Å². The van der Waals surface area contributed by atoms with E-state index >= 15 is 0 Å². The minimum atomic E-state index is -0.428. The number of fused-ring (bicyclic) bond motifs is 2. The normalized spacial score (nSPS) is 11.2. The molecular formula is C22H18N6O2S. The van der Waals surface area contributed by atoms with Gasteiger partial charge in [0.1, 0.15) is 5.75 Å². The van der Waals surface area contributed by atoms with E-state index in [9.17, 15) is 4.79 Å². The van der Waals surface area contributed by atoms with Crippen LogP contribution in [0, 0.1) is 13.8 Å². The summed E-state index contributed by atoms with van der Waals surface area (Å²) in [4.78, 5) is 25.9. The van der Waals surface area contributed by atoms with Crippen molar-refractivity contribution in [1.82, 2.24) is 24.6 Å². The van der Waals surface area contributed by atoms with Gasteiger partial charge < -0.3 is 4.74 Å². The molecule has 0 unspecified atom stereocenters. The Hall–Kier alpha value is -3.85. The maximum absolute atomic E-state index is 12.7. The molecular weight excluding hydrogens is 412 g/mol. The average Bonchev–Trinajstić information content (AvgIpc) is 3.40. The zero-order chi connectivity index (χ0) is 21.5. The number of anilines is 1. The van der Waals surface area contributed by atoms with E-state index in [1.807, 2.05) is 61.7 Å². The van der Waals surface area contributed by atoms with Gasteiger partial charge in [0.05, 0.1) is 12.8 Å². The zero-order valence-corrected chi connectivity index (χ0v) is 17.9. The van der Waals surface area contributed by atoms with Crippen molar-refractivity contribution >= 4 is 38.9 Å². The highest BCUT2D eigenvalue weighted by atomic mass is 32.1. The largest absolute Gasteiger partial charge is 0.496 e. The molecule has 0 aliphatic carbocycles. The molecule has 0 fully saturated rings. The summed E-state index contributed by atoms with van der Waals surface area (Å²) >= 11 is 1.35. The molecule has 0 radical (unpaired) electrons. The lowest BCUT2D eigenvalue weighted by atomic mass is 10.0. The van der Waals surface area contributed by atoms with Crippen LogP contribution in [-0.2, 0) is 0 Å². The molecule has 154 valence electrons. The van der Waals surface area contributed by atoms with Gasteiger partial charge in [0.2, 0.25) is 5.82 Å². The van der Waals surface area contributed by atoms with Gasteiger partial charge >= 0.3 is 0 Å². The number of methoxy groups -OCH3 is 1. The van der Waals surface area contributed by atoms with Crippen molar-refractivity contribution in [3.8, 4) is 17.0 Å². The first-order valence-corrected chi connectivity index (χ1v) is 10.5. The number of hydrogen-bond donors (Lipinski definition) is 1. The summed E-state index contributed by atoms with van der Waals surface area (Å²) in [7, 11) is 1.66. The van der Waals surface area contributed by atoms with Crippen LogP contribution in [0.5, 0.6) is 5.75 Å². The lowest BCUT2D eigenvalue weighted by Gasteiger charge is -2.08. The summed E-state index contributed by atoms with van der Waals surface area (Å²) in [6.07, 6.45) is 0. The number of amides is 1. The van der Waals surface area contributed by atoms with Gasteiger partial charge in [0.25, 0.3) is 11.7 Å². The quantitative estimate of drug-likeness (QED) is 0.457. The van der Waals surface area contributed by atoms with Gasteiger partial charge in [-0.3, -0.25) is 10.1 Å². The zero-order valence-electron chi connectivity index (χ0n) is 17.1. The van der Waals surface area contributed by atoms with Crippen molar-refractivity contribution in [2.75, 3.05) is 12.4 Å². The second-order valence-corrected chi connectivity index (χ2v) is 7.90. The number of carbonyl (C=O) groups is 1. The van der Waals surface area contributed by atoms with E-state index < -0.39 is 5.91 Å². The third-order valence-corrected chi connectivity index (χ3v) is 5.68.